The molecule has 1 aliphatic heterocycles. The molecule has 0 atom stereocenters. The summed E-state index contributed by atoms with van der Waals surface area (Å²) in [5.41, 5.74) is 2.42. The number of piperidine rings is 1. The Hall–Kier alpha value is -0.250. The van der Waals surface area contributed by atoms with Crippen LogP contribution in [0.1, 0.15) is 18.4 Å². The molecule has 0 unspecified atom stereocenters. The van der Waals surface area contributed by atoms with Gasteiger partial charge in [-0.3, -0.25) is 0 Å². The third-order valence-electron chi connectivity index (χ3n) is 3.78. The van der Waals surface area contributed by atoms with Crippen LogP contribution in [0.2, 0.25) is 5.02 Å². The number of anilines is 1. The molecule has 1 aromatic carbocycles. The Labute approximate surface area is 129 Å². The zero-order valence-corrected chi connectivity index (χ0v) is 14.0. The molecule has 1 saturated heterocycles. The zero-order chi connectivity index (χ0) is 13.8. The average Bonchev–Trinajstić information content (AvgIpc) is 2.39. The van der Waals surface area contributed by atoms with Crippen molar-refractivity contribution in [1.29, 1.82) is 0 Å². The molecule has 1 fully saturated rings. The van der Waals surface area contributed by atoms with Gasteiger partial charge in [-0.05, 0) is 50.6 Å². The molecule has 1 aromatic rings. The molecule has 106 valence electrons. The summed E-state index contributed by atoms with van der Waals surface area (Å²) in [4.78, 5) is 4.75. The van der Waals surface area contributed by atoms with Crippen molar-refractivity contribution in [1.82, 2.24) is 4.90 Å². The summed E-state index contributed by atoms with van der Waals surface area (Å²) in [6.07, 6.45) is 2.55. The van der Waals surface area contributed by atoms with Gasteiger partial charge in [0.05, 0.1) is 0 Å². The lowest BCUT2D eigenvalue weighted by atomic mass is 9.96. The van der Waals surface area contributed by atoms with E-state index in [4.69, 9.17) is 11.6 Å². The molecule has 19 heavy (non-hydrogen) atoms. The maximum Gasteiger partial charge on any atom is 0.0467 e. The maximum absolute atomic E-state index is 6.28. The predicted molar refractivity (Wildman–Crippen MR) is 87.6 cm³/mol. The second-order valence-electron chi connectivity index (χ2n) is 5.60. The first kappa shape index (κ1) is 15.1. The van der Waals surface area contributed by atoms with E-state index < -0.39 is 0 Å². The van der Waals surface area contributed by atoms with E-state index in [1.807, 2.05) is 0 Å². The predicted octanol–water partition coefficient (Wildman–Crippen LogP) is 4.01. The number of hydrogen-bond acceptors (Lipinski definition) is 2. The Morgan fingerprint density at radius 3 is 2.53 bits per heavy atom. The van der Waals surface area contributed by atoms with Gasteiger partial charge in [0.15, 0.2) is 0 Å². The van der Waals surface area contributed by atoms with Crippen LogP contribution in [-0.2, 0) is 5.33 Å². The van der Waals surface area contributed by atoms with Crippen LogP contribution in [0.4, 0.5) is 5.69 Å². The molecule has 4 heteroatoms. The second kappa shape index (κ2) is 6.96. The number of nitrogens with zero attached hydrogens (tertiary/aromatic N) is 2. The summed E-state index contributed by atoms with van der Waals surface area (Å²) < 4.78 is 0. The number of rotatable bonds is 4. The third-order valence-corrected chi connectivity index (χ3v) is 4.74. The minimum absolute atomic E-state index is 0.816. The van der Waals surface area contributed by atoms with Crippen molar-refractivity contribution in [3.63, 3.8) is 0 Å². The minimum Gasteiger partial charge on any atom is -0.371 e. The van der Waals surface area contributed by atoms with E-state index in [1.165, 1.54) is 25.1 Å². The van der Waals surface area contributed by atoms with Gasteiger partial charge in [0.2, 0.25) is 0 Å². The highest BCUT2D eigenvalue weighted by molar-refractivity contribution is 9.08. The summed E-state index contributed by atoms with van der Waals surface area (Å²) in [5, 5.41) is 1.68. The molecule has 0 bridgehead atoms. The fraction of sp³-hybridized carbons (Fsp3) is 0.600. The third kappa shape index (κ3) is 4.11. The fourth-order valence-electron chi connectivity index (χ4n) is 2.73. The topological polar surface area (TPSA) is 6.48 Å². The highest BCUT2D eigenvalue weighted by Crippen LogP contribution is 2.28. The van der Waals surface area contributed by atoms with Crippen molar-refractivity contribution < 1.29 is 0 Å². The summed E-state index contributed by atoms with van der Waals surface area (Å²) >= 11 is 9.74. The number of hydrogen-bond donors (Lipinski definition) is 0. The van der Waals surface area contributed by atoms with Gasteiger partial charge in [-0.15, -0.1) is 0 Å². The molecule has 1 aliphatic rings. The summed E-state index contributed by atoms with van der Waals surface area (Å²) in [6, 6.07) is 6.41. The van der Waals surface area contributed by atoms with E-state index in [9.17, 15) is 0 Å². The molecule has 0 spiro atoms. The first-order valence-electron chi connectivity index (χ1n) is 6.84. The van der Waals surface area contributed by atoms with Crippen molar-refractivity contribution >= 4 is 33.2 Å². The summed E-state index contributed by atoms with van der Waals surface area (Å²) in [7, 11) is 4.32. The van der Waals surface area contributed by atoms with Crippen molar-refractivity contribution in [3.8, 4) is 0 Å². The molecule has 0 radical (unpaired) electrons. The standard InChI is InChI=1S/C15H22BrClN2/c1-18(2)11-12-5-7-19(8-6-12)14-4-3-13(10-16)15(17)9-14/h3-4,9,12H,5-8,10-11H2,1-2H3. The molecule has 0 aromatic heterocycles. The first-order chi connectivity index (χ1) is 9.10. The van der Waals surface area contributed by atoms with E-state index >= 15 is 0 Å². The van der Waals surface area contributed by atoms with Crippen molar-refractivity contribution in [2.75, 3.05) is 38.6 Å². The van der Waals surface area contributed by atoms with E-state index in [-0.39, 0.29) is 0 Å². The molecular formula is C15H22BrClN2. The lowest BCUT2D eigenvalue weighted by Gasteiger charge is -2.34. The molecule has 2 rings (SSSR count). The van der Waals surface area contributed by atoms with Gasteiger partial charge in [0.1, 0.15) is 0 Å². The Morgan fingerprint density at radius 2 is 2.00 bits per heavy atom. The van der Waals surface area contributed by atoms with Gasteiger partial charge < -0.3 is 9.80 Å². The van der Waals surface area contributed by atoms with Gasteiger partial charge in [0, 0.05) is 35.7 Å². The lowest BCUT2D eigenvalue weighted by molar-refractivity contribution is 0.285. The highest BCUT2D eigenvalue weighted by Gasteiger charge is 2.20. The van der Waals surface area contributed by atoms with Crippen LogP contribution in [0.15, 0.2) is 18.2 Å². The van der Waals surface area contributed by atoms with E-state index in [2.05, 4.69) is 58.0 Å². The van der Waals surface area contributed by atoms with Crippen LogP contribution in [0, 0.1) is 5.92 Å². The van der Waals surface area contributed by atoms with Crippen molar-refractivity contribution in [2.45, 2.75) is 18.2 Å². The Morgan fingerprint density at radius 1 is 1.32 bits per heavy atom. The van der Waals surface area contributed by atoms with Gasteiger partial charge in [-0.25, -0.2) is 0 Å². The fourth-order valence-corrected chi connectivity index (χ4v) is 3.62. The Bertz CT molecular complexity index is 415. The SMILES string of the molecule is CN(C)CC1CCN(c2ccc(CBr)c(Cl)c2)CC1. The van der Waals surface area contributed by atoms with Crippen LogP contribution in [0.3, 0.4) is 0 Å². The van der Waals surface area contributed by atoms with Gasteiger partial charge in [-0.2, -0.15) is 0 Å². The lowest BCUT2D eigenvalue weighted by Crippen LogP contribution is -2.37. The largest absolute Gasteiger partial charge is 0.371 e. The molecule has 1 heterocycles. The molecule has 0 saturated carbocycles. The van der Waals surface area contributed by atoms with Crippen molar-refractivity contribution in [2.24, 2.45) is 5.92 Å². The highest BCUT2D eigenvalue weighted by atomic mass is 79.9. The quantitative estimate of drug-likeness (QED) is 0.761. The average molecular weight is 346 g/mol. The zero-order valence-electron chi connectivity index (χ0n) is 11.7. The van der Waals surface area contributed by atoms with Crippen LogP contribution in [-0.4, -0.2) is 38.6 Å². The molecular weight excluding hydrogens is 324 g/mol. The molecule has 0 N–H and O–H groups in total. The van der Waals surface area contributed by atoms with Gasteiger partial charge in [-0.1, -0.05) is 33.6 Å². The van der Waals surface area contributed by atoms with E-state index in [1.54, 1.807) is 0 Å². The Balaban J connectivity index is 1.96. The van der Waals surface area contributed by atoms with E-state index in [0.29, 0.717) is 0 Å². The van der Waals surface area contributed by atoms with Gasteiger partial charge in [0.25, 0.3) is 0 Å². The maximum atomic E-state index is 6.28. The number of halogens is 2. The van der Waals surface area contributed by atoms with Crippen LogP contribution in [0.25, 0.3) is 0 Å². The van der Waals surface area contributed by atoms with Crippen LogP contribution < -0.4 is 4.90 Å². The molecule has 2 nitrogen and oxygen atoms in total. The Kier molecular flexibility index (Phi) is 5.55. The second-order valence-corrected chi connectivity index (χ2v) is 6.57. The normalized spacial score (nSPS) is 17.2. The van der Waals surface area contributed by atoms with Crippen molar-refractivity contribution in [3.05, 3.63) is 28.8 Å². The molecule has 0 amide bonds. The smallest absolute Gasteiger partial charge is 0.0467 e. The summed E-state index contributed by atoms with van der Waals surface area (Å²) in [5.74, 6) is 0.837. The summed E-state index contributed by atoms with van der Waals surface area (Å²) in [6.45, 7) is 3.49. The molecule has 0 aliphatic carbocycles. The van der Waals surface area contributed by atoms with Gasteiger partial charge >= 0.3 is 0 Å². The monoisotopic (exact) mass is 344 g/mol. The van der Waals surface area contributed by atoms with Crippen LogP contribution in [0.5, 0.6) is 0 Å². The van der Waals surface area contributed by atoms with Crippen LogP contribution >= 0.6 is 27.5 Å². The van der Waals surface area contributed by atoms with E-state index in [0.717, 1.165) is 34.9 Å². The number of benzene rings is 1. The first-order valence-corrected chi connectivity index (χ1v) is 8.34. The minimum atomic E-state index is 0.816. The number of alkyl halides is 1.